The van der Waals surface area contributed by atoms with Gasteiger partial charge in [0.2, 0.25) is 0 Å². The molecule has 1 aromatic heterocycles. The van der Waals surface area contributed by atoms with Gasteiger partial charge in [-0.05, 0) is 60.9 Å². The first kappa shape index (κ1) is 27.3. The highest BCUT2D eigenvalue weighted by Crippen LogP contribution is 2.38. The first-order valence-electron chi connectivity index (χ1n) is 13.5. The van der Waals surface area contributed by atoms with Gasteiger partial charge in [-0.2, -0.15) is 9.59 Å². The lowest BCUT2D eigenvalue weighted by atomic mass is 9.90. The number of benzene rings is 3. The van der Waals surface area contributed by atoms with E-state index in [1.165, 1.54) is 28.6 Å². The van der Waals surface area contributed by atoms with Crippen molar-refractivity contribution in [3.8, 4) is 11.1 Å². The zero-order chi connectivity index (χ0) is 28.3. The fraction of sp³-hybridized carbons (Fsp3) is 0.312. The number of rotatable bonds is 5. The van der Waals surface area contributed by atoms with Crippen molar-refractivity contribution in [1.29, 1.82) is 0 Å². The normalized spacial score (nSPS) is 16.6. The number of likely N-dealkylation sites (tertiary alicyclic amines) is 1. The molecule has 0 atom stereocenters. The average Bonchev–Trinajstić information content (AvgIpc) is 3.49. The van der Waals surface area contributed by atoms with Crippen molar-refractivity contribution in [3.05, 3.63) is 90.4 Å². The van der Waals surface area contributed by atoms with Crippen LogP contribution in [0, 0.1) is 5.82 Å². The minimum atomic E-state index is -0.422. The van der Waals surface area contributed by atoms with E-state index in [-0.39, 0.29) is 18.1 Å². The quantitative estimate of drug-likeness (QED) is 0.291. The number of fused-ring (bicyclic) bond motifs is 1. The maximum atomic E-state index is 13.6. The van der Waals surface area contributed by atoms with Gasteiger partial charge in [-0.25, -0.2) is 9.18 Å². The molecule has 3 heterocycles. The smallest absolute Gasteiger partial charge is 0.415 e. The summed E-state index contributed by atoms with van der Waals surface area (Å²) in [4.78, 5) is 33.2. The first-order chi connectivity index (χ1) is 19.3. The van der Waals surface area contributed by atoms with Crippen LogP contribution in [-0.2, 0) is 20.9 Å². The van der Waals surface area contributed by atoms with E-state index in [9.17, 15) is 9.18 Å². The Morgan fingerprint density at radius 2 is 1.62 bits per heavy atom. The molecule has 1 amide bonds. The second-order valence-corrected chi connectivity index (χ2v) is 10.7. The predicted molar refractivity (Wildman–Crippen MR) is 150 cm³/mol. The lowest BCUT2D eigenvalue weighted by Crippen LogP contribution is -2.46. The number of hydrogen-bond donors (Lipinski definition) is 0. The molecule has 0 radical (unpaired) electrons. The van der Waals surface area contributed by atoms with Crippen LogP contribution in [0.15, 0.2) is 79.0 Å². The molecule has 8 heteroatoms. The van der Waals surface area contributed by atoms with E-state index < -0.39 is 5.60 Å². The van der Waals surface area contributed by atoms with E-state index in [0.29, 0.717) is 12.6 Å². The summed E-state index contributed by atoms with van der Waals surface area (Å²) in [6, 6.07) is 23.3. The highest BCUT2D eigenvalue weighted by atomic mass is 19.1. The SMILES string of the molecule is CC(C)n1cc(CN2CCC3(CC2)CN(c2ccccc2)C(=O)O3)c2c(-c3ccc(F)cc3)cccc21.O=C=O. The highest BCUT2D eigenvalue weighted by molar-refractivity contribution is 5.98. The molecule has 2 aliphatic heterocycles. The lowest BCUT2D eigenvalue weighted by molar-refractivity contribution is -0.191. The van der Waals surface area contributed by atoms with Crippen LogP contribution in [0.4, 0.5) is 14.9 Å². The molecule has 0 N–H and O–H groups in total. The Morgan fingerprint density at radius 1 is 0.950 bits per heavy atom. The van der Waals surface area contributed by atoms with Crippen molar-refractivity contribution >= 4 is 28.8 Å². The van der Waals surface area contributed by atoms with Crippen molar-refractivity contribution in [2.45, 2.75) is 44.9 Å². The van der Waals surface area contributed by atoms with Gasteiger partial charge in [-0.1, -0.05) is 42.5 Å². The average molecular weight is 542 g/mol. The molecular weight excluding hydrogens is 509 g/mol. The van der Waals surface area contributed by atoms with Gasteiger partial charge in [-0.3, -0.25) is 9.80 Å². The van der Waals surface area contributed by atoms with Crippen LogP contribution in [0.2, 0.25) is 0 Å². The predicted octanol–water partition coefficient (Wildman–Crippen LogP) is 6.44. The molecule has 0 unspecified atom stereocenters. The van der Waals surface area contributed by atoms with Gasteiger partial charge in [0.25, 0.3) is 0 Å². The molecule has 0 saturated carbocycles. The summed E-state index contributed by atoms with van der Waals surface area (Å²) >= 11 is 0. The monoisotopic (exact) mass is 541 g/mol. The third-order valence-electron chi connectivity index (χ3n) is 7.85. The second-order valence-electron chi connectivity index (χ2n) is 10.7. The largest absolute Gasteiger partial charge is 0.441 e. The fourth-order valence-corrected chi connectivity index (χ4v) is 5.86. The number of carbonyl (C=O) groups is 1. The van der Waals surface area contributed by atoms with Crippen LogP contribution in [0.1, 0.15) is 38.3 Å². The zero-order valence-corrected chi connectivity index (χ0v) is 22.7. The summed E-state index contributed by atoms with van der Waals surface area (Å²) in [5.74, 6) is -0.225. The molecule has 6 rings (SSSR count). The van der Waals surface area contributed by atoms with Gasteiger partial charge in [0.05, 0.1) is 6.54 Å². The number of para-hydroxylation sites is 1. The van der Waals surface area contributed by atoms with Crippen LogP contribution in [0.5, 0.6) is 0 Å². The number of hydrogen-bond acceptors (Lipinski definition) is 5. The van der Waals surface area contributed by atoms with Crippen LogP contribution < -0.4 is 4.90 Å². The minimum Gasteiger partial charge on any atom is -0.441 e. The third-order valence-corrected chi connectivity index (χ3v) is 7.85. The summed E-state index contributed by atoms with van der Waals surface area (Å²) in [6.07, 6.45) is 3.91. The Balaban J connectivity index is 0.00000103. The van der Waals surface area contributed by atoms with Crippen molar-refractivity contribution in [2.24, 2.45) is 0 Å². The van der Waals surface area contributed by atoms with Gasteiger partial charge in [0.15, 0.2) is 0 Å². The number of ether oxygens (including phenoxy) is 1. The van der Waals surface area contributed by atoms with Gasteiger partial charge < -0.3 is 9.30 Å². The molecule has 3 aromatic carbocycles. The van der Waals surface area contributed by atoms with Crippen LogP contribution in [0.3, 0.4) is 0 Å². The Kier molecular flexibility index (Phi) is 7.83. The number of aromatic nitrogens is 1. The summed E-state index contributed by atoms with van der Waals surface area (Å²) in [5.41, 5.74) is 5.09. The Morgan fingerprint density at radius 3 is 2.27 bits per heavy atom. The van der Waals surface area contributed by atoms with Gasteiger partial charge >= 0.3 is 12.2 Å². The fourth-order valence-electron chi connectivity index (χ4n) is 5.86. The number of nitrogens with zero attached hydrogens (tertiary/aromatic N) is 3. The van der Waals surface area contributed by atoms with E-state index in [0.717, 1.165) is 49.3 Å². The standard InChI is InChI=1S/C31H32FN3O2.CO2/c1-22(2)34-20-24(29-27(9-6-10-28(29)34)23-11-13-25(32)14-12-23)19-33-17-15-31(16-18-33)21-35(30(36)37-31)26-7-4-3-5-8-26;2-1-3/h3-14,20,22H,15-19,21H2,1-2H3;. The molecule has 2 aliphatic rings. The summed E-state index contributed by atoms with van der Waals surface area (Å²) in [7, 11) is 0. The van der Waals surface area contributed by atoms with E-state index in [4.69, 9.17) is 14.3 Å². The number of anilines is 1. The molecule has 1 spiro atoms. The Labute approximate surface area is 232 Å². The van der Waals surface area contributed by atoms with E-state index in [1.54, 1.807) is 4.90 Å². The van der Waals surface area contributed by atoms with Gasteiger partial charge in [0.1, 0.15) is 11.4 Å². The van der Waals surface area contributed by atoms with Crippen LogP contribution in [-0.4, -0.2) is 46.9 Å². The maximum Gasteiger partial charge on any atom is 0.415 e. The zero-order valence-electron chi connectivity index (χ0n) is 22.7. The number of amides is 1. The number of halogens is 1. The van der Waals surface area contributed by atoms with E-state index in [2.05, 4.69) is 47.7 Å². The highest BCUT2D eigenvalue weighted by Gasteiger charge is 2.47. The summed E-state index contributed by atoms with van der Waals surface area (Å²) < 4.78 is 21.9. The van der Waals surface area contributed by atoms with Crippen molar-refractivity contribution in [1.82, 2.24) is 9.47 Å². The van der Waals surface area contributed by atoms with Gasteiger partial charge in [0, 0.05) is 61.3 Å². The third kappa shape index (κ3) is 5.41. The Hall–Kier alpha value is -4.26. The van der Waals surface area contributed by atoms with Crippen molar-refractivity contribution < 1.29 is 23.5 Å². The Bertz CT molecular complexity index is 1520. The molecule has 2 saturated heterocycles. The molecule has 206 valence electrons. The molecule has 0 bridgehead atoms. The number of piperidine rings is 1. The molecule has 7 nitrogen and oxygen atoms in total. The topological polar surface area (TPSA) is 71.8 Å². The van der Waals surface area contributed by atoms with Crippen LogP contribution >= 0.6 is 0 Å². The first-order valence-corrected chi connectivity index (χ1v) is 13.5. The number of carbonyl (C=O) groups excluding carboxylic acids is 3. The van der Waals surface area contributed by atoms with Gasteiger partial charge in [-0.15, -0.1) is 0 Å². The molecule has 40 heavy (non-hydrogen) atoms. The van der Waals surface area contributed by atoms with Crippen molar-refractivity contribution in [3.63, 3.8) is 0 Å². The summed E-state index contributed by atoms with van der Waals surface area (Å²) in [5, 5.41) is 1.23. The minimum absolute atomic E-state index is 0.225. The second kappa shape index (κ2) is 11.5. The van der Waals surface area contributed by atoms with E-state index >= 15 is 0 Å². The molecule has 2 fully saturated rings. The van der Waals surface area contributed by atoms with E-state index in [1.807, 2.05) is 42.5 Å². The van der Waals surface area contributed by atoms with Crippen molar-refractivity contribution in [2.75, 3.05) is 24.5 Å². The van der Waals surface area contributed by atoms with Crippen LogP contribution in [0.25, 0.3) is 22.0 Å². The summed E-state index contributed by atoms with van der Waals surface area (Å²) in [6.45, 7) is 7.55. The molecule has 0 aliphatic carbocycles. The molecule has 4 aromatic rings. The maximum absolute atomic E-state index is 13.6. The molecular formula is C32H32FN3O4. The lowest BCUT2D eigenvalue weighted by Gasteiger charge is -2.37.